The van der Waals surface area contributed by atoms with Gasteiger partial charge in [-0.15, -0.1) is 0 Å². The maximum absolute atomic E-state index is 12.2. The quantitative estimate of drug-likeness (QED) is 0.824. The fourth-order valence-electron chi connectivity index (χ4n) is 2.19. The van der Waals surface area contributed by atoms with E-state index in [2.05, 4.69) is 15.9 Å². The van der Waals surface area contributed by atoms with Gasteiger partial charge in [0.15, 0.2) is 0 Å². The number of halogens is 1. The molecule has 0 saturated carbocycles. The van der Waals surface area contributed by atoms with Crippen LogP contribution in [0.2, 0.25) is 0 Å². The second-order valence-corrected chi connectivity index (χ2v) is 5.28. The van der Waals surface area contributed by atoms with Gasteiger partial charge in [0.1, 0.15) is 11.5 Å². The first-order valence-corrected chi connectivity index (χ1v) is 7.10. The van der Waals surface area contributed by atoms with Gasteiger partial charge in [-0.3, -0.25) is 4.79 Å². The molecule has 0 radical (unpaired) electrons. The average Bonchev–Trinajstić information content (AvgIpc) is 2.37. The summed E-state index contributed by atoms with van der Waals surface area (Å²) in [5.74, 6) is 0.322. The van der Waals surface area contributed by atoms with Crippen molar-refractivity contribution in [2.75, 3.05) is 18.4 Å². The summed E-state index contributed by atoms with van der Waals surface area (Å²) < 4.78 is 0. The first-order valence-electron chi connectivity index (χ1n) is 5.98. The van der Waals surface area contributed by atoms with Crippen LogP contribution < -0.4 is 0 Å². The van der Waals surface area contributed by atoms with Crippen LogP contribution in [0.15, 0.2) is 18.2 Å². The van der Waals surface area contributed by atoms with Crippen molar-refractivity contribution in [2.45, 2.75) is 12.8 Å². The highest BCUT2D eigenvalue weighted by atomic mass is 79.9. The Morgan fingerprint density at radius 2 is 1.78 bits per heavy atom. The number of nitrogens with zero attached hydrogens (tertiary/aromatic N) is 1. The largest absolute Gasteiger partial charge is 0.508 e. The van der Waals surface area contributed by atoms with Crippen molar-refractivity contribution < 1.29 is 15.0 Å². The first kappa shape index (κ1) is 13.2. The normalized spacial score (nSPS) is 16.8. The summed E-state index contributed by atoms with van der Waals surface area (Å²) in [5, 5.41) is 19.7. The third-order valence-corrected chi connectivity index (χ3v) is 4.19. The van der Waals surface area contributed by atoms with Gasteiger partial charge in [-0.05, 0) is 30.9 Å². The Labute approximate surface area is 114 Å². The maximum atomic E-state index is 12.2. The van der Waals surface area contributed by atoms with Crippen LogP contribution in [0.1, 0.15) is 23.2 Å². The lowest BCUT2D eigenvalue weighted by molar-refractivity contribution is 0.0698. The molecule has 4 nitrogen and oxygen atoms in total. The molecule has 0 atom stereocenters. The van der Waals surface area contributed by atoms with E-state index in [1.54, 1.807) is 4.90 Å². The van der Waals surface area contributed by atoms with Gasteiger partial charge in [0.2, 0.25) is 0 Å². The van der Waals surface area contributed by atoms with E-state index in [-0.39, 0.29) is 17.4 Å². The molecule has 0 bridgehead atoms. The van der Waals surface area contributed by atoms with Crippen molar-refractivity contribution in [3.05, 3.63) is 23.8 Å². The predicted octanol–water partition coefficient (Wildman–Crippen LogP) is 2.34. The van der Waals surface area contributed by atoms with Gasteiger partial charge in [0, 0.05) is 30.0 Å². The van der Waals surface area contributed by atoms with Crippen LogP contribution in [-0.2, 0) is 0 Å². The van der Waals surface area contributed by atoms with E-state index in [1.165, 1.54) is 18.2 Å². The summed E-state index contributed by atoms with van der Waals surface area (Å²) in [4.78, 5) is 14.0. The molecule has 0 unspecified atom stereocenters. The Kier molecular flexibility index (Phi) is 4.11. The first-order chi connectivity index (χ1) is 8.60. The molecule has 0 spiro atoms. The Hall–Kier alpha value is -1.23. The van der Waals surface area contributed by atoms with Crippen molar-refractivity contribution in [2.24, 2.45) is 5.92 Å². The molecule has 1 amide bonds. The highest BCUT2D eigenvalue weighted by Crippen LogP contribution is 2.24. The number of amides is 1. The highest BCUT2D eigenvalue weighted by Gasteiger charge is 2.23. The summed E-state index contributed by atoms with van der Waals surface area (Å²) >= 11 is 3.46. The number of hydrogen-bond acceptors (Lipinski definition) is 3. The van der Waals surface area contributed by atoms with Crippen molar-refractivity contribution in [3.8, 4) is 11.5 Å². The van der Waals surface area contributed by atoms with Crippen LogP contribution in [-0.4, -0.2) is 39.4 Å². The second kappa shape index (κ2) is 5.61. The third kappa shape index (κ3) is 2.96. The van der Waals surface area contributed by atoms with Crippen LogP contribution in [0.25, 0.3) is 0 Å². The summed E-state index contributed by atoms with van der Waals surface area (Å²) in [6.45, 7) is 1.46. The second-order valence-electron chi connectivity index (χ2n) is 4.63. The standard InChI is InChI=1S/C13H16BrNO3/c14-8-9-1-3-15(4-2-9)13(18)10-5-11(16)7-12(17)6-10/h5-7,9,16-17H,1-4,8H2. The van der Waals surface area contributed by atoms with Crippen molar-refractivity contribution in [1.29, 1.82) is 0 Å². The lowest BCUT2D eigenvalue weighted by atomic mass is 9.98. The van der Waals surface area contributed by atoms with Gasteiger partial charge in [-0.2, -0.15) is 0 Å². The van der Waals surface area contributed by atoms with Crippen LogP contribution in [0.3, 0.4) is 0 Å². The number of alkyl halides is 1. The lowest BCUT2D eigenvalue weighted by Crippen LogP contribution is -2.38. The number of hydrogen-bond donors (Lipinski definition) is 2. The lowest BCUT2D eigenvalue weighted by Gasteiger charge is -2.31. The monoisotopic (exact) mass is 313 g/mol. The summed E-state index contributed by atoms with van der Waals surface area (Å²) in [5.41, 5.74) is 0.338. The van der Waals surface area contributed by atoms with Gasteiger partial charge in [-0.1, -0.05) is 15.9 Å². The number of phenolic OH excluding ortho intramolecular Hbond substituents is 2. The molecule has 1 fully saturated rings. The molecule has 5 heteroatoms. The van der Waals surface area contributed by atoms with E-state index < -0.39 is 0 Å². The maximum Gasteiger partial charge on any atom is 0.254 e. The van der Waals surface area contributed by atoms with Crippen LogP contribution in [0.4, 0.5) is 0 Å². The zero-order chi connectivity index (χ0) is 13.1. The number of aromatic hydroxyl groups is 2. The smallest absolute Gasteiger partial charge is 0.254 e. The molecule has 1 aliphatic heterocycles. The third-order valence-electron chi connectivity index (χ3n) is 3.27. The summed E-state index contributed by atoms with van der Waals surface area (Å²) in [6.07, 6.45) is 1.98. The molecule has 98 valence electrons. The fraction of sp³-hybridized carbons (Fsp3) is 0.462. The highest BCUT2D eigenvalue weighted by molar-refractivity contribution is 9.09. The van der Waals surface area contributed by atoms with Gasteiger partial charge >= 0.3 is 0 Å². The van der Waals surface area contributed by atoms with Crippen molar-refractivity contribution in [1.82, 2.24) is 4.90 Å². The Morgan fingerprint density at radius 1 is 1.22 bits per heavy atom. The minimum Gasteiger partial charge on any atom is -0.508 e. The van der Waals surface area contributed by atoms with Gasteiger partial charge in [-0.25, -0.2) is 0 Å². The Morgan fingerprint density at radius 3 is 2.28 bits per heavy atom. The van der Waals surface area contributed by atoms with Crippen LogP contribution in [0.5, 0.6) is 11.5 Å². The van der Waals surface area contributed by atoms with Crippen molar-refractivity contribution in [3.63, 3.8) is 0 Å². The van der Waals surface area contributed by atoms with Gasteiger partial charge in [0.05, 0.1) is 0 Å². The minimum atomic E-state index is -0.130. The number of carbonyl (C=O) groups is 1. The number of benzene rings is 1. The number of piperidine rings is 1. The van der Waals surface area contributed by atoms with E-state index in [0.29, 0.717) is 11.5 Å². The molecular weight excluding hydrogens is 298 g/mol. The minimum absolute atomic E-state index is 0.0892. The SMILES string of the molecule is O=C(c1cc(O)cc(O)c1)N1CCC(CBr)CC1. The number of rotatable bonds is 2. The number of likely N-dealkylation sites (tertiary alicyclic amines) is 1. The van der Waals surface area contributed by atoms with E-state index >= 15 is 0 Å². The molecule has 0 aliphatic carbocycles. The molecule has 1 heterocycles. The van der Waals surface area contributed by atoms with Crippen LogP contribution >= 0.6 is 15.9 Å². The molecule has 0 aromatic heterocycles. The number of carbonyl (C=O) groups excluding carboxylic acids is 1. The zero-order valence-electron chi connectivity index (χ0n) is 9.97. The molecule has 1 saturated heterocycles. The molecule has 18 heavy (non-hydrogen) atoms. The van der Waals surface area contributed by atoms with Crippen LogP contribution in [0, 0.1) is 5.92 Å². The topological polar surface area (TPSA) is 60.8 Å². The molecule has 1 aromatic carbocycles. The predicted molar refractivity (Wildman–Crippen MR) is 72.2 cm³/mol. The Balaban J connectivity index is 2.07. The molecular formula is C13H16BrNO3. The molecule has 1 aromatic rings. The molecule has 2 N–H and O–H groups in total. The van der Waals surface area contributed by atoms with E-state index in [9.17, 15) is 15.0 Å². The fourth-order valence-corrected chi connectivity index (χ4v) is 2.84. The van der Waals surface area contributed by atoms with Gasteiger partial charge in [0.25, 0.3) is 5.91 Å². The van der Waals surface area contributed by atoms with Crippen molar-refractivity contribution >= 4 is 21.8 Å². The summed E-state index contributed by atoms with van der Waals surface area (Å²) in [6, 6.07) is 3.99. The number of phenols is 2. The van der Waals surface area contributed by atoms with Gasteiger partial charge < -0.3 is 15.1 Å². The average molecular weight is 314 g/mol. The van der Waals surface area contributed by atoms with E-state index in [4.69, 9.17) is 0 Å². The Bertz CT molecular complexity index is 422. The molecule has 2 rings (SSSR count). The summed E-state index contributed by atoms with van der Waals surface area (Å²) in [7, 11) is 0. The van der Waals surface area contributed by atoms with E-state index in [0.717, 1.165) is 31.3 Å². The zero-order valence-corrected chi connectivity index (χ0v) is 11.6. The molecule has 1 aliphatic rings. The van der Waals surface area contributed by atoms with E-state index in [1.807, 2.05) is 0 Å².